The molecule has 3 heteroatoms. The summed E-state index contributed by atoms with van der Waals surface area (Å²) in [5.74, 6) is -0.333. The lowest BCUT2D eigenvalue weighted by Crippen LogP contribution is -1.88. The average Bonchev–Trinajstić information content (AvgIpc) is 2.29. The maximum absolute atomic E-state index is 13.8. The van der Waals surface area contributed by atoms with E-state index in [2.05, 4.69) is 0 Å². The number of rotatable bonds is 2. The van der Waals surface area contributed by atoms with Crippen LogP contribution in [0.5, 0.6) is 0 Å². The first-order valence-electron chi connectivity index (χ1n) is 5.12. The molecule has 0 aliphatic carbocycles. The van der Waals surface area contributed by atoms with Gasteiger partial charge in [-0.25, -0.2) is 4.39 Å². The minimum absolute atomic E-state index is 0.215. The quantitative estimate of drug-likeness (QED) is 0.777. The number of benzene rings is 2. The number of nitriles is 1. The lowest BCUT2D eigenvalue weighted by Gasteiger charge is -2.05. The summed E-state index contributed by atoms with van der Waals surface area (Å²) >= 11 is 5.86. The van der Waals surface area contributed by atoms with Crippen LogP contribution in [0.2, 0.25) is 5.02 Å². The Morgan fingerprint density at radius 2 is 2.00 bits per heavy atom. The van der Waals surface area contributed by atoms with Gasteiger partial charge in [-0.05, 0) is 29.3 Å². The predicted octanol–water partition coefficient (Wildman–Crippen LogP) is 4.21. The highest BCUT2D eigenvalue weighted by atomic mass is 35.5. The fourth-order valence-corrected chi connectivity index (χ4v) is 1.84. The van der Waals surface area contributed by atoms with E-state index in [0.29, 0.717) is 16.1 Å². The van der Waals surface area contributed by atoms with Gasteiger partial charge in [0.1, 0.15) is 5.82 Å². The summed E-state index contributed by atoms with van der Waals surface area (Å²) in [6, 6.07) is 13.8. The molecule has 0 atom stereocenters. The van der Waals surface area contributed by atoms with E-state index in [4.69, 9.17) is 16.9 Å². The Labute approximate surface area is 104 Å². The summed E-state index contributed by atoms with van der Waals surface area (Å²) in [6.45, 7) is 0. The van der Waals surface area contributed by atoms with E-state index >= 15 is 0 Å². The zero-order chi connectivity index (χ0) is 12.3. The molecular formula is C14H9ClFN. The molecule has 0 aliphatic heterocycles. The van der Waals surface area contributed by atoms with Gasteiger partial charge in [-0.1, -0.05) is 35.9 Å². The minimum atomic E-state index is -0.333. The normalized spacial score (nSPS) is 9.94. The molecule has 0 saturated heterocycles. The minimum Gasteiger partial charge on any atom is -0.206 e. The Hall–Kier alpha value is -1.85. The molecule has 0 N–H and O–H groups in total. The Balaban J connectivity index is 2.44. The van der Waals surface area contributed by atoms with Gasteiger partial charge >= 0.3 is 0 Å². The lowest BCUT2D eigenvalue weighted by molar-refractivity contribution is 0.629. The SMILES string of the molecule is N#CCc1ccc(-c2cccc(Cl)c2)c(F)c1. The number of halogens is 2. The second-order valence-corrected chi connectivity index (χ2v) is 4.10. The van der Waals surface area contributed by atoms with Crippen molar-refractivity contribution in [2.45, 2.75) is 6.42 Å². The number of hydrogen-bond donors (Lipinski definition) is 0. The molecule has 0 aliphatic rings. The second-order valence-electron chi connectivity index (χ2n) is 3.66. The van der Waals surface area contributed by atoms with E-state index in [-0.39, 0.29) is 12.2 Å². The molecule has 17 heavy (non-hydrogen) atoms. The first-order chi connectivity index (χ1) is 8.20. The highest BCUT2D eigenvalue weighted by molar-refractivity contribution is 6.30. The van der Waals surface area contributed by atoms with Crippen molar-refractivity contribution in [2.75, 3.05) is 0 Å². The van der Waals surface area contributed by atoms with Crippen molar-refractivity contribution in [2.24, 2.45) is 0 Å². The first-order valence-corrected chi connectivity index (χ1v) is 5.50. The van der Waals surface area contributed by atoms with Crippen LogP contribution in [-0.2, 0) is 6.42 Å². The Kier molecular flexibility index (Phi) is 3.41. The van der Waals surface area contributed by atoms with Crippen molar-refractivity contribution in [1.82, 2.24) is 0 Å². The third kappa shape index (κ3) is 2.64. The van der Waals surface area contributed by atoms with Crippen molar-refractivity contribution >= 4 is 11.6 Å². The maximum Gasteiger partial charge on any atom is 0.131 e. The molecule has 0 heterocycles. The van der Waals surface area contributed by atoms with Crippen molar-refractivity contribution in [1.29, 1.82) is 5.26 Å². The van der Waals surface area contributed by atoms with Crippen LogP contribution < -0.4 is 0 Å². The summed E-state index contributed by atoms with van der Waals surface area (Å²) < 4.78 is 13.8. The molecular weight excluding hydrogens is 237 g/mol. The van der Waals surface area contributed by atoms with Gasteiger partial charge < -0.3 is 0 Å². The monoisotopic (exact) mass is 245 g/mol. The standard InChI is InChI=1S/C14H9ClFN/c15-12-3-1-2-11(9-12)13-5-4-10(6-7-17)8-14(13)16/h1-5,8-9H,6H2. The van der Waals surface area contributed by atoms with Crippen LogP contribution in [0.3, 0.4) is 0 Å². The fraction of sp³-hybridized carbons (Fsp3) is 0.0714. The Morgan fingerprint density at radius 1 is 1.18 bits per heavy atom. The van der Waals surface area contributed by atoms with Gasteiger partial charge in [-0.2, -0.15) is 5.26 Å². The van der Waals surface area contributed by atoms with Crippen molar-refractivity contribution in [3.8, 4) is 17.2 Å². The highest BCUT2D eigenvalue weighted by Crippen LogP contribution is 2.26. The lowest BCUT2D eigenvalue weighted by atomic mass is 10.0. The van der Waals surface area contributed by atoms with Gasteiger partial charge in [0.15, 0.2) is 0 Å². The topological polar surface area (TPSA) is 23.8 Å². The van der Waals surface area contributed by atoms with E-state index in [0.717, 1.165) is 5.56 Å². The zero-order valence-corrected chi connectivity index (χ0v) is 9.71. The van der Waals surface area contributed by atoms with E-state index in [9.17, 15) is 4.39 Å². The van der Waals surface area contributed by atoms with E-state index in [1.54, 1.807) is 36.4 Å². The summed E-state index contributed by atoms with van der Waals surface area (Å²) in [6.07, 6.45) is 0.215. The molecule has 1 nitrogen and oxygen atoms in total. The smallest absolute Gasteiger partial charge is 0.131 e. The molecule has 0 aromatic heterocycles. The molecule has 2 rings (SSSR count). The van der Waals surface area contributed by atoms with Crippen LogP contribution in [0.15, 0.2) is 42.5 Å². The number of nitrogens with zero attached hydrogens (tertiary/aromatic N) is 1. The van der Waals surface area contributed by atoms with Crippen LogP contribution in [0.1, 0.15) is 5.56 Å². The maximum atomic E-state index is 13.8. The third-order valence-electron chi connectivity index (χ3n) is 2.45. The van der Waals surface area contributed by atoms with Gasteiger partial charge in [0.25, 0.3) is 0 Å². The molecule has 0 unspecified atom stereocenters. The van der Waals surface area contributed by atoms with Gasteiger partial charge in [0.2, 0.25) is 0 Å². The van der Waals surface area contributed by atoms with E-state index in [1.165, 1.54) is 6.07 Å². The summed E-state index contributed by atoms with van der Waals surface area (Å²) in [7, 11) is 0. The fourth-order valence-electron chi connectivity index (χ4n) is 1.65. The van der Waals surface area contributed by atoms with Crippen LogP contribution in [0.4, 0.5) is 4.39 Å². The second kappa shape index (κ2) is 4.99. The molecule has 0 amide bonds. The highest BCUT2D eigenvalue weighted by Gasteiger charge is 2.06. The number of hydrogen-bond acceptors (Lipinski definition) is 1. The van der Waals surface area contributed by atoms with Crippen molar-refractivity contribution in [3.05, 3.63) is 58.9 Å². The molecule has 2 aromatic rings. The molecule has 0 bridgehead atoms. The van der Waals surface area contributed by atoms with Crippen LogP contribution in [0, 0.1) is 17.1 Å². The van der Waals surface area contributed by atoms with Gasteiger partial charge in [-0.15, -0.1) is 0 Å². The summed E-state index contributed by atoms with van der Waals surface area (Å²) in [4.78, 5) is 0. The van der Waals surface area contributed by atoms with Crippen molar-refractivity contribution in [3.63, 3.8) is 0 Å². The predicted molar refractivity (Wildman–Crippen MR) is 66.2 cm³/mol. The molecule has 0 fully saturated rings. The largest absolute Gasteiger partial charge is 0.206 e. The van der Waals surface area contributed by atoms with Crippen molar-refractivity contribution < 1.29 is 4.39 Å². The zero-order valence-electron chi connectivity index (χ0n) is 8.95. The van der Waals surface area contributed by atoms with E-state index in [1.807, 2.05) is 6.07 Å². The molecule has 0 saturated carbocycles. The van der Waals surface area contributed by atoms with Crippen LogP contribution in [0.25, 0.3) is 11.1 Å². The summed E-state index contributed by atoms with van der Waals surface area (Å²) in [5, 5.41) is 9.12. The Bertz CT molecular complexity index is 587. The third-order valence-corrected chi connectivity index (χ3v) is 2.69. The first kappa shape index (κ1) is 11.6. The molecule has 0 radical (unpaired) electrons. The average molecular weight is 246 g/mol. The van der Waals surface area contributed by atoms with Gasteiger partial charge in [0.05, 0.1) is 12.5 Å². The Morgan fingerprint density at radius 3 is 2.65 bits per heavy atom. The van der Waals surface area contributed by atoms with Gasteiger partial charge in [-0.3, -0.25) is 0 Å². The van der Waals surface area contributed by atoms with E-state index < -0.39 is 0 Å². The molecule has 2 aromatic carbocycles. The van der Waals surface area contributed by atoms with Gasteiger partial charge in [0, 0.05) is 10.6 Å². The molecule has 84 valence electrons. The molecule has 0 spiro atoms. The summed E-state index contributed by atoms with van der Waals surface area (Å²) in [5.41, 5.74) is 1.91. The van der Waals surface area contributed by atoms with Crippen LogP contribution >= 0.6 is 11.6 Å². The van der Waals surface area contributed by atoms with Crippen LogP contribution in [-0.4, -0.2) is 0 Å².